The van der Waals surface area contributed by atoms with Crippen LogP contribution in [0, 0.1) is 20.8 Å². The zero-order valence-corrected chi connectivity index (χ0v) is 42.3. The molecule has 72 heavy (non-hydrogen) atoms. The van der Waals surface area contributed by atoms with Crippen molar-refractivity contribution < 1.29 is 57.2 Å². The third-order valence-corrected chi connectivity index (χ3v) is 14.0. The number of hydrogen-bond acceptors (Lipinski definition) is 12. The van der Waals surface area contributed by atoms with Gasteiger partial charge in [0, 0.05) is 32.6 Å². The Balaban J connectivity index is 0.915. The minimum absolute atomic E-state index is 0.0571. The van der Waals surface area contributed by atoms with Crippen molar-refractivity contribution in [1.82, 2.24) is 15.1 Å². The third-order valence-electron chi connectivity index (χ3n) is 14.0. The summed E-state index contributed by atoms with van der Waals surface area (Å²) in [7, 11) is 3.16. The molecule has 3 heterocycles. The van der Waals surface area contributed by atoms with Gasteiger partial charge in [-0.3, -0.25) is 39.0 Å². The summed E-state index contributed by atoms with van der Waals surface area (Å²) in [4.78, 5) is 94.7. The van der Waals surface area contributed by atoms with Crippen LogP contribution in [0.4, 0.5) is 0 Å². The lowest BCUT2D eigenvalue weighted by Gasteiger charge is -2.37. The van der Waals surface area contributed by atoms with E-state index in [2.05, 4.69) is 37.4 Å². The predicted molar refractivity (Wildman–Crippen MR) is 268 cm³/mol. The van der Waals surface area contributed by atoms with Crippen LogP contribution in [0.25, 0.3) is 0 Å². The fourth-order valence-electron chi connectivity index (χ4n) is 9.91. The maximum absolute atomic E-state index is 14.4. The minimum atomic E-state index is -1.01. The Labute approximate surface area is 421 Å². The number of methoxy groups -OCH3 is 2. The molecule has 3 aliphatic rings. The molecule has 4 aromatic carbocycles. The van der Waals surface area contributed by atoms with Crippen LogP contribution >= 0.6 is 0 Å². The van der Waals surface area contributed by atoms with Crippen molar-refractivity contribution in [3.63, 3.8) is 0 Å². The second-order valence-corrected chi connectivity index (χ2v) is 19.0. The van der Waals surface area contributed by atoms with Crippen molar-refractivity contribution in [1.29, 1.82) is 0 Å². The van der Waals surface area contributed by atoms with Gasteiger partial charge in [-0.15, -0.1) is 0 Å². The van der Waals surface area contributed by atoms with Gasteiger partial charge in [0.25, 0.3) is 11.8 Å². The van der Waals surface area contributed by atoms with Crippen LogP contribution in [0.15, 0.2) is 72.8 Å². The lowest BCUT2D eigenvalue weighted by Crippen LogP contribution is -2.54. The number of ether oxygens (including phenoxy) is 5. The van der Waals surface area contributed by atoms with Crippen LogP contribution in [0.5, 0.6) is 17.2 Å². The molecule has 382 valence electrons. The first kappa shape index (κ1) is 52.9. The third kappa shape index (κ3) is 12.6. The molecule has 7 rings (SSSR count). The van der Waals surface area contributed by atoms with E-state index >= 15 is 0 Å². The second-order valence-electron chi connectivity index (χ2n) is 19.0. The summed E-state index contributed by atoms with van der Waals surface area (Å²) in [5.74, 6) is -1.69. The molecule has 4 atom stereocenters. The predicted octanol–water partition coefficient (Wildman–Crippen LogP) is 8.20. The van der Waals surface area contributed by atoms with Crippen molar-refractivity contribution in [3.05, 3.63) is 123 Å². The van der Waals surface area contributed by atoms with Gasteiger partial charge in [-0.25, -0.2) is 4.79 Å². The Hall–Kier alpha value is -6.87. The summed E-state index contributed by atoms with van der Waals surface area (Å²) in [5, 5.41) is 2.21. The van der Waals surface area contributed by atoms with E-state index in [-0.39, 0.29) is 48.7 Å². The monoisotopic (exact) mass is 985 g/mol. The molecule has 0 aromatic heterocycles. The van der Waals surface area contributed by atoms with Crippen molar-refractivity contribution in [2.75, 3.05) is 40.6 Å². The van der Waals surface area contributed by atoms with Gasteiger partial charge in [-0.05, 0) is 154 Å². The standard InChI is InChI=1S/C57H67N3O12/c1-7-44(41-30-37(4)52(69-6)50(33-41)68-5)54(64)59-26-9-8-17-48(59)57(67)72-49(24-21-39-19-18-35(2)36(3)29-39)40-14-10-16-43(32-40)71-34-42(61)15-12-28-70-27-11-13-38-20-22-45-46(31-38)56(66)60(55(45)65)47-23-25-51(62)58-53(47)63/h10,14,16,18-20,22,29-33,44,47-49H,7-9,11-13,15,17,21,23-28,34H2,1-6H3,(H,58,62,63)/t44-,47?,48-,49?/m0/s1. The van der Waals surface area contributed by atoms with E-state index in [0.717, 1.165) is 45.6 Å². The van der Waals surface area contributed by atoms with E-state index < -0.39 is 53.7 Å². The number of hydrogen-bond donors (Lipinski definition) is 1. The number of likely N-dealkylation sites (tertiary alicyclic amines) is 1. The van der Waals surface area contributed by atoms with Gasteiger partial charge in [-0.2, -0.15) is 0 Å². The van der Waals surface area contributed by atoms with Crippen molar-refractivity contribution in [2.24, 2.45) is 0 Å². The number of aryl methyl sites for hydroxylation is 5. The van der Waals surface area contributed by atoms with E-state index in [1.54, 1.807) is 43.4 Å². The Bertz CT molecular complexity index is 2680. The average Bonchev–Trinajstić information content (AvgIpc) is 3.62. The number of carbonyl (C=O) groups excluding carboxylic acids is 7. The summed E-state index contributed by atoms with van der Waals surface area (Å²) < 4.78 is 29.4. The Kier molecular flexibility index (Phi) is 18.0. The molecule has 15 nitrogen and oxygen atoms in total. The number of amides is 5. The Morgan fingerprint density at radius 3 is 2.28 bits per heavy atom. The number of carbonyl (C=O) groups is 7. The van der Waals surface area contributed by atoms with Crippen LogP contribution in [-0.4, -0.2) is 104 Å². The molecule has 5 amide bonds. The lowest BCUT2D eigenvalue weighted by atomic mass is 9.91. The number of esters is 1. The van der Waals surface area contributed by atoms with Gasteiger partial charge in [0.15, 0.2) is 17.3 Å². The second kappa shape index (κ2) is 24.5. The number of benzene rings is 4. The molecule has 0 aliphatic carbocycles. The number of ketones is 1. The highest BCUT2D eigenvalue weighted by atomic mass is 16.5. The minimum Gasteiger partial charge on any atom is -0.493 e. The first-order valence-electron chi connectivity index (χ1n) is 25.2. The largest absolute Gasteiger partial charge is 0.493 e. The number of piperidine rings is 2. The van der Waals surface area contributed by atoms with E-state index in [0.29, 0.717) is 82.0 Å². The number of imide groups is 2. The molecule has 0 radical (unpaired) electrons. The van der Waals surface area contributed by atoms with Gasteiger partial charge in [-0.1, -0.05) is 49.4 Å². The van der Waals surface area contributed by atoms with Gasteiger partial charge in [0.2, 0.25) is 17.7 Å². The quantitative estimate of drug-likeness (QED) is 0.0428. The lowest BCUT2D eigenvalue weighted by molar-refractivity contribution is -0.162. The first-order valence-corrected chi connectivity index (χ1v) is 25.2. The number of nitrogens with zero attached hydrogens (tertiary/aromatic N) is 2. The van der Waals surface area contributed by atoms with Crippen LogP contribution < -0.4 is 19.5 Å². The normalized spacial score (nSPS) is 17.5. The first-order chi connectivity index (χ1) is 34.7. The maximum Gasteiger partial charge on any atom is 0.329 e. The number of fused-ring (bicyclic) bond motifs is 1. The molecule has 0 spiro atoms. The smallest absolute Gasteiger partial charge is 0.329 e. The molecular formula is C57H67N3O12. The van der Waals surface area contributed by atoms with Crippen molar-refractivity contribution in [2.45, 2.75) is 129 Å². The SMILES string of the molecule is CC[C@H](C(=O)N1CCCC[C@H]1C(=O)OC(CCc1ccc(C)c(C)c1)c1cccc(OCC(=O)CCCOCCCc2ccc3c(c2)C(=O)N(C2CCC(=O)NC2=O)C3=O)c1)c1cc(C)c(OC)c(OC)c1. The maximum atomic E-state index is 14.4. The molecule has 0 saturated carbocycles. The summed E-state index contributed by atoms with van der Waals surface area (Å²) in [6.07, 6.45) is 5.19. The zero-order chi connectivity index (χ0) is 51.5. The van der Waals surface area contributed by atoms with Gasteiger partial charge >= 0.3 is 5.97 Å². The van der Waals surface area contributed by atoms with E-state index in [1.165, 1.54) is 11.1 Å². The van der Waals surface area contributed by atoms with Gasteiger partial charge < -0.3 is 28.6 Å². The molecule has 4 aromatic rings. The van der Waals surface area contributed by atoms with Crippen LogP contribution in [0.1, 0.15) is 143 Å². The summed E-state index contributed by atoms with van der Waals surface area (Å²) in [5.41, 5.74) is 7.18. The van der Waals surface area contributed by atoms with E-state index in [4.69, 9.17) is 23.7 Å². The van der Waals surface area contributed by atoms with Crippen LogP contribution in [0.2, 0.25) is 0 Å². The summed E-state index contributed by atoms with van der Waals surface area (Å²) in [6.45, 7) is 9.12. The molecule has 15 heteroatoms. The van der Waals surface area contributed by atoms with E-state index in [9.17, 15) is 33.6 Å². The molecule has 3 aliphatic heterocycles. The average molecular weight is 986 g/mol. The zero-order valence-electron chi connectivity index (χ0n) is 42.3. The van der Waals surface area contributed by atoms with Gasteiger partial charge in [0.05, 0.1) is 31.3 Å². The Morgan fingerprint density at radius 1 is 0.764 bits per heavy atom. The molecule has 1 N–H and O–H groups in total. The summed E-state index contributed by atoms with van der Waals surface area (Å²) in [6, 6.07) is 20.7. The molecule has 0 bridgehead atoms. The van der Waals surface area contributed by atoms with E-state index in [1.807, 2.05) is 44.2 Å². The highest BCUT2D eigenvalue weighted by Gasteiger charge is 2.45. The van der Waals surface area contributed by atoms with Gasteiger partial charge in [0.1, 0.15) is 30.5 Å². The molecule has 2 fully saturated rings. The number of Topliss-reactive ketones (excluding diaryl/α,β-unsaturated/α-hetero) is 1. The molecular weight excluding hydrogens is 919 g/mol. The number of rotatable bonds is 23. The number of nitrogens with one attached hydrogen (secondary N) is 1. The van der Waals surface area contributed by atoms with Crippen LogP contribution in [-0.2, 0) is 46.3 Å². The molecule has 2 saturated heterocycles. The van der Waals surface area contributed by atoms with Crippen LogP contribution in [0.3, 0.4) is 0 Å². The fourth-order valence-corrected chi connectivity index (χ4v) is 9.91. The summed E-state index contributed by atoms with van der Waals surface area (Å²) >= 11 is 0. The van der Waals surface area contributed by atoms with Crippen molar-refractivity contribution in [3.8, 4) is 17.2 Å². The fraction of sp³-hybridized carbons (Fsp3) is 0.456. The van der Waals surface area contributed by atoms with Crippen molar-refractivity contribution >= 4 is 41.3 Å². The molecule has 2 unspecified atom stereocenters. The highest BCUT2D eigenvalue weighted by Crippen LogP contribution is 2.38. The topological polar surface area (TPSA) is 184 Å². The Morgan fingerprint density at radius 2 is 1.53 bits per heavy atom. The highest BCUT2D eigenvalue weighted by molar-refractivity contribution is 6.23.